The maximum absolute atomic E-state index is 10.3. The van der Waals surface area contributed by atoms with Crippen molar-refractivity contribution in [3.8, 4) is 0 Å². The predicted octanol–water partition coefficient (Wildman–Crippen LogP) is 0.433. The van der Waals surface area contributed by atoms with Gasteiger partial charge in [-0.25, -0.2) is 4.79 Å². The number of rotatable bonds is 5. The van der Waals surface area contributed by atoms with Crippen molar-refractivity contribution in [2.75, 3.05) is 13.1 Å². The smallest absolute Gasteiger partial charge is 0.312 e. The molecule has 1 atom stereocenters. The van der Waals surface area contributed by atoms with Gasteiger partial charge in [-0.1, -0.05) is 6.92 Å². The first kappa shape index (κ1) is 10.3. The van der Waals surface area contributed by atoms with Crippen LogP contribution in [-0.2, 0) is 0 Å². The Kier molecular flexibility index (Phi) is 3.14. The summed E-state index contributed by atoms with van der Waals surface area (Å²) in [5, 5.41) is 5.92. The fourth-order valence-electron chi connectivity index (χ4n) is 1.35. The molecule has 2 amide bonds. The normalized spacial score (nSPS) is 20.8. The van der Waals surface area contributed by atoms with E-state index in [-0.39, 0.29) is 0 Å². The van der Waals surface area contributed by atoms with E-state index in [0.29, 0.717) is 18.0 Å². The summed E-state index contributed by atoms with van der Waals surface area (Å²) < 4.78 is 0. The third-order valence-electron chi connectivity index (χ3n) is 2.96. The maximum atomic E-state index is 10.3. The first-order valence-corrected chi connectivity index (χ1v) is 4.81. The van der Waals surface area contributed by atoms with Crippen LogP contribution in [-0.4, -0.2) is 25.2 Å². The van der Waals surface area contributed by atoms with Gasteiger partial charge in [0.05, 0.1) is 0 Å². The molecule has 0 radical (unpaired) electrons. The van der Waals surface area contributed by atoms with Gasteiger partial charge in [-0.15, -0.1) is 0 Å². The number of nitrogens with one attached hydrogen (secondary N) is 2. The summed E-state index contributed by atoms with van der Waals surface area (Å²) in [4.78, 5) is 10.3. The zero-order valence-electron chi connectivity index (χ0n) is 8.39. The summed E-state index contributed by atoms with van der Waals surface area (Å²) in [5.41, 5.74) is 5.42. The Morgan fingerprint density at radius 2 is 2.15 bits per heavy atom. The number of carbonyl (C=O) groups is 1. The average Bonchev–Trinajstić information content (AvgIpc) is 2.78. The highest BCUT2D eigenvalue weighted by Gasteiger charge is 2.41. The molecule has 0 heterocycles. The highest BCUT2D eigenvalue weighted by molar-refractivity contribution is 5.71. The molecule has 1 aliphatic rings. The quantitative estimate of drug-likeness (QED) is 0.544. The second kappa shape index (κ2) is 3.96. The number of carbonyl (C=O) groups excluding carboxylic acids is 1. The minimum Gasteiger partial charge on any atom is -0.352 e. The van der Waals surface area contributed by atoms with Gasteiger partial charge in [-0.2, -0.15) is 0 Å². The third kappa shape index (κ3) is 3.22. The van der Waals surface area contributed by atoms with Gasteiger partial charge in [-0.3, -0.25) is 0 Å². The number of hydrogen-bond acceptors (Lipinski definition) is 2. The van der Waals surface area contributed by atoms with Crippen molar-refractivity contribution in [1.82, 2.24) is 10.6 Å². The number of urea groups is 1. The second-order valence-corrected chi connectivity index (χ2v) is 4.12. The van der Waals surface area contributed by atoms with Crippen LogP contribution in [0.4, 0.5) is 4.79 Å². The lowest BCUT2D eigenvalue weighted by molar-refractivity contribution is 0.248. The fourth-order valence-corrected chi connectivity index (χ4v) is 1.35. The molecular weight excluding hydrogens is 166 g/mol. The van der Waals surface area contributed by atoms with Crippen molar-refractivity contribution in [3.05, 3.63) is 0 Å². The molecule has 0 aliphatic heterocycles. The SMILES string of the molecule is CC(NCCNC(N)=O)C1(C)CC1. The molecular formula is C9H19N3O. The van der Waals surface area contributed by atoms with Crippen molar-refractivity contribution in [3.63, 3.8) is 0 Å². The predicted molar refractivity (Wildman–Crippen MR) is 52.4 cm³/mol. The van der Waals surface area contributed by atoms with E-state index in [1.165, 1.54) is 12.8 Å². The average molecular weight is 185 g/mol. The van der Waals surface area contributed by atoms with Crippen LogP contribution in [0.5, 0.6) is 0 Å². The molecule has 0 saturated heterocycles. The summed E-state index contributed by atoms with van der Waals surface area (Å²) in [6, 6.07) is 0.0780. The maximum Gasteiger partial charge on any atom is 0.312 e. The Morgan fingerprint density at radius 1 is 1.54 bits per heavy atom. The van der Waals surface area contributed by atoms with Gasteiger partial charge in [0.1, 0.15) is 0 Å². The van der Waals surface area contributed by atoms with Gasteiger partial charge >= 0.3 is 6.03 Å². The Bertz CT molecular complexity index is 189. The van der Waals surface area contributed by atoms with Crippen LogP contribution in [0.15, 0.2) is 0 Å². The lowest BCUT2D eigenvalue weighted by Gasteiger charge is -2.20. The van der Waals surface area contributed by atoms with E-state index in [0.717, 1.165) is 6.54 Å². The number of hydrogen-bond donors (Lipinski definition) is 3. The lowest BCUT2D eigenvalue weighted by atomic mass is 10.0. The molecule has 13 heavy (non-hydrogen) atoms. The van der Waals surface area contributed by atoms with Gasteiger partial charge in [0.25, 0.3) is 0 Å². The highest BCUT2D eigenvalue weighted by Crippen LogP contribution is 2.47. The van der Waals surface area contributed by atoms with Crippen LogP contribution >= 0.6 is 0 Å². The first-order valence-electron chi connectivity index (χ1n) is 4.81. The minimum atomic E-state index is -0.452. The van der Waals surface area contributed by atoms with Crippen LogP contribution in [0.2, 0.25) is 0 Å². The first-order chi connectivity index (χ1) is 6.04. The minimum absolute atomic E-state index is 0.452. The molecule has 0 aromatic rings. The van der Waals surface area contributed by atoms with Crippen LogP contribution in [0.1, 0.15) is 26.7 Å². The Balaban J connectivity index is 2.02. The van der Waals surface area contributed by atoms with Crippen LogP contribution < -0.4 is 16.4 Å². The molecule has 0 spiro atoms. The van der Waals surface area contributed by atoms with E-state index < -0.39 is 6.03 Å². The molecule has 0 aromatic heterocycles. The van der Waals surface area contributed by atoms with Gasteiger partial charge in [0.2, 0.25) is 0 Å². The van der Waals surface area contributed by atoms with Gasteiger partial charge in [-0.05, 0) is 25.2 Å². The van der Waals surface area contributed by atoms with Crippen molar-refractivity contribution >= 4 is 6.03 Å². The van der Waals surface area contributed by atoms with E-state index >= 15 is 0 Å². The molecule has 1 rings (SSSR count). The molecule has 1 unspecified atom stereocenters. The number of nitrogens with two attached hydrogens (primary N) is 1. The summed E-state index contributed by atoms with van der Waals surface area (Å²) in [6.07, 6.45) is 2.62. The molecule has 0 aromatic carbocycles. The molecule has 4 nitrogen and oxygen atoms in total. The third-order valence-corrected chi connectivity index (χ3v) is 2.96. The monoisotopic (exact) mass is 185 g/mol. The van der Waals surface area contributed by atoms with Crippen LogP contribution in [0, 0.1) is 5.41 Å². The highest BCUT2D eigenvalue weighted by atomic mass is 16.2. The van der Waals surface area contributed by atoms with Gasteiger partial charge in [0.15, 0.2) is 0 Å². The molecule has 1 fully saturated rings. The van der Waals surface area contributed by atoms with E-state index in [1.807, 2.05) is 0 Å². The molecule has 76 valence electrons. The largest absolute Gasteiger partial charge is 0.352 e. The van der Waals surface area contributed by atoms with Crippen molar-refractivity contribution in [2.24, 2.45) is 11.1 Å². The number of amides is 2. The van der Waals surface area contributed by atoms with Crippen LogP contribution in [0.25, 0.3) is 0 Å². The van der Waals surface area contributed by atoms with Crippen LogP contribution in [0.3, 0.4) is 0 Å². The summed E-state index contributed by atoms with van der Waals surface area (Å²) >= 11 is 0. The topological polar surface area (TPSA) is 67.2 Å². The molecule has 1 saturated carbocycles. The Labute approximate surface area is 79.3 Å². The molecule has 0 bridgehead atoms. The summed E-state index contributed by atoms with van der Waals surface area (Å²) in [7, 11) is 0. The van der Waals surface area contributed by atoms with Gasteiger partial charge < -0.3 is 16.4 Å². The molecule has 4 heteroatoms. The Morgan fingerprint density at radius 3 is 2.62 bits per heavy atom. The zero-order chi connectivity index (χ0) is 9.90. The number of primary amides is 1. The standard InChI is InChI=1S/C9H19N3O/c1-7(9(2)3-4-9)11-5-6-12-8(10)13/h7,11H,3-6H2,1-2H3,(H3,10,12,13). The van der Waals surface area contributed by atoms with Crippen molar-refractivity contribution < 1.29 is 4.79 Å². The van der Waals surface area contributed by atoms with E-state index in [2.05, 4.69) is 24.5 Å². The van der Waals surface area contributed by atoms with Crippen molar-refractivity contribution in [2.45, 2.75) is 32.7 Å². The zero-order valence-corrected chi connectivity index (χ0v) is 8.39. The lowest BCUT2D eigenvalue weighted by Crippen LogP contribution is -2.40. The Hall–Kier alpha value is -0.770. The van der Waals surface area contributed by atoms with E-state index in [1.54, 1.807) is 0 Å². The molecule has 1 aliphatic carbocycles. The summed E-state index contributed by atoms with van der Waals surface area (Å²) in [6.45, 7) is 5.87. The van der Waals surface area contributed by atoms with E-state index in [9.17, 15) is 4.79 Å². The molecule has 4 N–H and O–H groups in total. The van der Waals surface area contributed by atoms with E-state index in [4.69, 9.17) is 5.73 Å². The van der Waals surface area contributed by atoms with Crippen molar-refractivity contribution in [1.29, 1.82) is 0 Å². The second-order valence-electron chi connectivity index (χ2n) is 4.12. The van der Waals surface area contributed by atoms with Gasteiger partial charge in [0, 0.05) is 19.1 Å². The summed E-state index contributed by atoms with van der Waals surface area (Å²) in [5.74, 6) is 0. The fraction of sp³-hybridized carbons (Fsp3) is 0.889.